The van der Waals surface area contributed by atoms with Crippen LogP contribution in [0, 0.1) is 11.3 Å². The van der Waals surface area contributed by atoms with Crippen molar-refractivity contribution in [1.29, 1.82) is 5.26 Å². The average Bonchev–Trinajstić information content (AvgIpc) is 2.70. The topological polar surface area (TPSA) is 64.4 Å². The zero-order chi connectivity index (χ0) is 11.3. The number of nitrogens with zero attached hydrogens (tertiary/aromatic N) is 3. The number of likely N-dealkylation sites (tertiary alicyclic amines) is 1. The maximum atomic E-state index is 11.6. The molecule has 0 saturated carbocycles. The predicted octanol–water partition coefficient (Wildman–Crippen LogP) is -0.0191. The van der Waals surface area contributed by atoms with Crippen LogP contribution in [0.2, 0.25) is 0 Å². The van der Waals surface area contributed by atoms with Crippen LogP contribution in [0.1, 0.15) is 19.3 Å². The summed E-state index contributed by atoms with van der Waals surface area (Å²) in [5.41, 5.74) is 0. The number of carbonyl (C=O) groups is 2. The van der Waals surface area contributed by atoms with Gasteiger partial charge < -0.3 is 9.80 Å². The van der Waals surface area contributed by atoms with Crippen molar-refractivity contribution in [3.63, 3.8) is 0 Å². The predicted molar refractivity (Wildman–Crippen MR) is 53.7 cm³/mol. The highest BCUT2D eigenvalue weighted by atomic mass is 16.2. The number of likely N-dealkylation sites (N-methyl/N-ethyl adjacent to an activating group) is 1. The molecular formula is C10H15N3O2. The molecule has 1 heterocycles. The van der Waals surface area contributed by atoms with Crippen molar-refractivity contribution in [3.8, 4) is 6.07 Å². The van der Waals surface area contributed by atoms with Crippen LogP contribution in [0.25, 0.3) is 0 Å². The van der Waals surface area contributed by atoms with E-state index in [1.807, 2.05) is 0 Å². The summed E-state index contributed by atoms with van der Waals surface area (Å²) in [5, 5.41) is 8.34. The smallest absolute Gasteiger partial charge is 0.242 e. The zero-order valence-corrected chi connectivity index (χ0v) is 8.90. The highest BCUT2D eigenvalue weighted by molar-refractivity contribution is 5.85. The molecule has 0 N–H and O–H groups in total. The van der Waals surface area contributed by atoms with Crippen LogP contribution in [0.4, 0.5) is 0 Å². The molecule has 2 amide bonds. The first-order chi connectivity index (χ1) is 7.15. The Labute approximate surface area is 89.3 Å². The first kappa shape index (κ1) is 11.5. The molecule has 1 saturated heterocycles. The summed E-state index contributed by atoms with van der Waals surface area (Å²) >= 11 is 0. The lowest BCUT2D eigenvalue weighted by atomic mass is 10.4. The fourth-order valence-corrected chi connectivity index (χ4v) is 1.56. The molecule has 0 bridgehead atoms. The Morgan fingerprint density at radius 2 is 2.00 bits per heavy atom. The largest absolute Gasteiger partial charge is 0.341 e. The Balaban J connectivity index is 2.37. The summed E-state index contributed by atoms with van der Waals surface area (Å²) in [6.45, 7) is 1.67. The lowest BCUT2D eigenvalue weighted by molar-refractivity contribution is -0.138. The van der Waals surface area contributed by atoms with Gasteiger partial charge in [-0.3, -0.25) is 9.59 Å². The van der Waals surface area contributed by atoms with E-state index in [9.17, 15) is 9.59 Å². The van der Waals surface area contributed by atoms with Crippen LogP contribution in [0.5, 0.6) is 0 Å². The summed E-state index contributed by atoms with van der Waals surface area (Å²) in [6, 6.07) is 1.78. The lowest BCUT2D eigenvalue weighted by Crippen LogP contribution is -2.39. The van der Waals surface area contributed by atoms with Gasteiger partial charge >= 0.3 is 0 Å². The van der Waals surface area contributed by atoms with Crippen molar-refractivity contribution in [3.05, 3.63) is 0 Å². The molecule has 5 heteroatoms. The number of rotatable bonds is 3. The third-order valence-electron chi connectivity index (χ3n) is 2.49. The first-order valence-corrected chi connectivity index (χ1v) is 5.04. The molecule has 1 aliphatic rings. The van der Waals surface area contributed by atoms with Crippen LogP contribution in [0.3, 0.4) is 0 Å². The van der Waals surface area contributed by atoms with Gasteiger partial charge in [0.2, 0.25) is 11.8 Å². The molecule has 0 spiro atoms. The number of carbonyl (C=O) groups excluding carboxylic acids is 2. The number of hydrogen-bond donors (Lipinski definition) is 0. The van der Waals surface area contributed by atoms with Gasteiger partial charge in [-0.15, -0.1) is 0 Å². The Kier molecular flexibility index (Phi) is 4.10. The monoisotopic (exact) mass is 209 g/mol. The van der Waals surface area contributed by atoms with E-state index in [-0.39, 0.29) is 24.8 Å². The number of nitriles is 1. The van der Waals surface area contributed by atoms with E-state index in [1.54, 1.807) is 18.0 Å². The third kappa shape index (κ3) is 3.24. The summed E-state index contributed by atoms with van der Waals surface area (Å²) in [6.07, 6.45) is 1.92. The molecule has 1 aliphatic heterocycles. The van der Waals surface area contributed by atoms with Crippen LogP contribution < -0.4 is 0 Å². The zero-order valence-electron chi connectivity index (χ0n) is 8.90. The van der Waals surface area contributed by atoms with Gasteiger partial charge in [0.25, 0.3) is 0 Å². The Morgan fingerprint density at radius 1 is 1.40 bits per heavy atom. The van der Waals surface area contributed by atoms with E-state index in [0.29, 0.717) is 0 Å². The van der Waals surface area contributed by atoms with Gasteiger partial charge in [0, 0.05) is 20.1 Å². The quantitative estimate of drug-likeness (QED) is 0.656. The highest BCUT2D eigenvalue weighted by Gasteiger charge is 2.20. The molecule has 82 valence electrons. The fourth-order valence-electron chi connectivity index (χ4n) is 1.56. The third-order valence-corrected chi connectivity index (χ3v) is 2.49. The van der Waals surface area contributed by atoms with Crippen LogP contribution in [-0.4, -0.2) is 48.3 Å². The van der Waals surface area contributed by atoms with Crippen molar-refractivity contribution in [2.45, 2.75) is 19.3 Å². The van der Waals surface area contributed by atoms with E-state index in [2.05, 4.69) is 0 Å². The molecule has 5 nitrogen and oxygen atoms in total. The maximum absolute atomic E-state index is 11.6. The van der Waals surface area contributed by atoms with E-state index in [1.165, 1.54) is 4.90 Å². The average molecular weight is 209 g/mol. The first-order valence-electron chi connectivity index (χ1n) is 5.04. The van der Waals surface area contributed by atoms with Gasteiger partial charge in [0.15, 0.2) is 0 Å². The van der Waals surface area contributed by atoms with Crippen molar-refractivity contribution in [2.24, 2.45) is 0 Å². The number of amides is 2. The molecular weight excluding hydrogens is 194 g/mol. The molecule has 0 atom stereocenters. The summed E-state index contributed by atoms with van der Waals surface area (Å²) < 4.78 is 0. The molecule has 0 aromatic carbocycles. The Bertz CT molecular complexity index is 290. The van der Waals surface area contributed by atoms with Gasteiger partial charge in [-0.05, 0) is 12.8 Å². The van der Waals surface area contributed by atoms with Gasteiger partial charge in [0.1, 0.15) is 6.42 Å². The standard InChI is InChI=1S/C10H15N3O2/c1-12(9(14)4-5-11)8-10(15)13-6-2-3-7-13/h2-4,6-8H2,1H3. The molecule has 0 aromatic rings. The normalized spacial score (nSPS) is 14.8. The molecule has 15 heavy (non-hydrogen) atoms. The second kappa shape index (κ2) is 5.35. The summed E-state index contributed by atoms with van der Waals surface area (Å²) in [7, 11) is 1.55. The maximum Gasteiger partial charge on any atom is 0.242 e. The Hall–Kier alpha value is -1.57. The molecule has 0 unspecified atom stereocenters. The lowest BCUT2D eigenvalue weighted by Gasteiger charge is -2.20. The van der Waals surface area contributed by atoms with Crippen molar-refractivity contribution in [1.82, 2.24) is 9.80 Å². The van der Waals surface area contributed by atoms with E-state index in [4.69, 9.17) is 5.26 Å². The molecule has 0 aromatic heterocycles. The Morgan fingerprint density at radius 3 is 2.53 bits per heavy atom. The van der Waals surface area contributed by atoms with Crippen LogP contribution >= 0.6 is 0 Å². The molecule has 0 aliphatic carbocycles. The molecule has 0 radical (unpaired) electrons. The van der Waals surface area contributed by atoms with E-state index in [0.717, 1.165) is 25.9 Å². The summed E-state index contributed by atoms with van der Waals surface area (Å²) in [4.78, 5) is 25.9. The fraction of sp³-hybridized carbons (Fsp3) is 0.700. The van der Waals surface area contributed by atoms with Crippen LogP contribution in [0.15, 0.2) is 0 Å². The van der Waals surface area contributed by atoms with E-state index >= 15 is 0 Å². The van der Waals surface area contributed by atoms with Crippen molar-refractivity contribution < 1.29 is 9.59 Å². The second-order valence-electron chi connectivity index (χ2n) is 3.67. The highest BCUT2D eigenvalue weighted by Crippen LogP contribution is 2.07. The minimum absolute atomic E-state index is 0.0266. The van der Waals surface area contributed by atoms with Gasteiger partial charge in [-0.25, -0.2) is 0 Å². The van der Waals surface area contributed by atoms with Gasteiger partial charge in [0.05, 0.1) is 12.6 Å². The minimum atomic E-state index is -0.301. The van der Waals surface area contributed by atoms with Crippen LogP contribution in [-0.2, 0) is 9.59 Å². The van der Waals surface area contributed by atoms with E-state index < -0.39 is 0 Å². The van der Waals surface area contributed by atoms with Crippen molar-refractivity contribution in [2.75, 3.05) is 26.7 Å². The molecule has 1 rings (SSSR count). The summed E-state index contributed by atoms with van der Waals surface area (Å²) in [5.74, 6) is -0.327. The second-order valence-corrected chi connectivity index (χ2v) is 3.67. The van der Waals surface area contributed by atoms with Gasteiger partial charge in [-0.2, -0.15) is 5.26 Å². The number of hydrogen-bond acceptors (Lipinski definition) is 3. The van der Waals surface area contributed by atoms with Crippen molar-refractivity contribution >= 4 is 11.8 Å². The minimum Gasteiger partial charge on any atom is -0.341 e. The molecule has 1 fully saturated rings. The SMILES string of the molecule is CN(CC(=O)N1CCCC1)C(=O)CC#N. The van der Waals surface area contributed by atoms with Gasteiger partial charge in [-0.1, -0.05) is 0 Å².